The normalized spacial score (nSPS) is 18.1. The van der Waals surface area contributed by atoms with Gasteiger partial charge < -0.3 is 10.4 Å². The highest BCUT2D eigenvalue weighted by Crippen LogP contribution is 2.28. The summed E-state index contributed by atoms with van der Waals surface area (Å²) >= 11 is 0. The zero-order chi connectivity index (χ0) is 15.6. The molecule has 1 aliphatic rings. The van der Waals surface area contributed by atoms with Crippen LogP contribution in [0.15, 0.2) is 18.2 Å². The Bertz CT molecular complexity index is 671. The van der Waals surface area contributed by atoms with Crippen molar-refractivity contribution >= 4 is 27.2 Å². The fraction of sp³-hybridized carbons (Fsp3) is 0.417. The van der Waals surface area contributed by atoms with E-state index in [-0.39, 0.29) is 34.5 Å². The molecule has 0 aliphatic carbocycles. The van der Waals surface area contributed by atoms with Gasteiger partial charge in [0, 0.05) is 12.1 Å². The quantitative estimate of drug-likeness (QED) is 0.633. The van der Waals surface area contributed by atoms with Crippen molar-refractivity contribution in [3.63, 3.8) is 0 Å². The first kappa shape index (κ1) is 15.2. The first-order valence-electron chi connectivity index (χ1n) is 6.27. The Kier molecular flexibility index (Phi) is 4.12. The Morgan fingerprint density at radius 2 is 1.95 bits per heavy atom. The number of carboxylic acids is 1. The lowest BCUT2D eigenvalue weighted by molar-refractivity contribution is -0.384. The molecule has 1 saturated heterocycles. The van der Waals surface area contributed by atoms with E-state index in [0.717, 1.165) is 6.07 Å². The molecule has 1 heterocycles. The number of carboxylic acid groups (broad SMARTS) is 1. The van der Waals surface area contributed by atoms with Crippen LogP contribution in [0, 0.1) is 10.1 Å². The maximum absolute atomic E-state index is 11.3. The third kappa shape index (κ3) is 3.69. The molecule has 114 valence electrons. The smallest absolute Gasteiger partial charge is 0.335 e. The third-order valence-electron chi connectivity index (χ3n) is 3.36. The van der Waals surface area contributed by atoms with Crippen LogP contribution in [-0.2, 0) is 9.84 Å². The molecule has 0 radical (unpaired) electrons. The average Bonchev–Trinajstić information content (AvgIpc) is 2.41. The second-order valence-corrected chi connectivity index (χ2v) is 7.17. The summed E-state index contributed by atoms with van der Waals surface area (Å²) in [6.07, 6.45) is 0.750. The molecule has 0 unspecified atom stereocenters. The second-order valence-electron chi connectivity index (χ2n) is 4.86. The van der Waals surface area contributed by atoms with Crippen molar-refractivity contribution in [2.24, 2.45) is 0 Å². The third-order valence-corrected chi connectivity index (χ3v) is 5.07. The van der Waals surface area contributed by atoms with E-state index in [1.807, 2.05) is 0 Å². The van der Waals surface area contributed by atoms with E-state index in [1.165, 1.54) is 12.1 Å². The van der Waals surface area contributed by atoms with Gasteiger partial charge in [-0.1, -0.05) is 0 Å². The molecule has 0 amide bonds. The van der Waals surface area contributed by atoms with E-state index in [4.69, 9.17) is 5.11 Å². The lowest BCUT2D eigenvalue weighted by Crippen LogP contribution is -2.32. The van der Waals surface area contributed by atoms with E-state index in [9.17, 15) is 23.3 Å². The Morgan fingerprint density at radius 3 is 2.48 bits per heavy atom. The number of sulfone groups is 1. The summed E-state index contributed by atoms with van der Waals surface area (Å²) in [6.45, 7) is 0. The number of benzene rings is 1. The van der Waals surface area contributed by atoms with Gasteiger partial charge in [0.15, 0.2) is 0 Å². The molecule has 0 bridgehead atoms. The lowest BCUT2D eigenvalue weighted by Gasteiger charge is -2.23. The molecule has 1 aliphatic heterocycles. The average molecular weight is 314 g/mol. The van der Waals surface area contributed by atoms with Crippen molar-refractivity contribution in [1.82, 2.24) is 0 Å². The monoisotopic (exact) mass is 314 g/mol. The highest BCUT2D eigenvalue weighted by Gasteiger charge is 2.26. The summed E-state index contributed by atoms with van der Waals surface area (Å²) in [4.78, 5) is 21.2. The van der Waals surface area contributed by atoms with Crippen LogP contribution in [0.2, 0.25) is 0 Å². The zero-order valence-corrected chi connectivity index (χ0v) is 11.8. The van der Waals surface area contributed by atoms with Crippen LogP contribution in [0.3, 0.4) is 0 Å². The number of hydrogen-bond donors (Lipinski definition) is 2. The second kappa shape index (κ2) is 5.68. The first-order chi connectivity index (χ1) is 9.78. The van der Waals surface area contributed by atoms with Gasteiger partial charge in [0.2, 0.25) is 0 Å². The van der Waals surface area contributed by atoms with Gasteiger partial charge >= 0.3 is 5.97 Å². The minimum absolute atomic E-state index is 0.0473. The van der Waals surface area contributed by atoms with Crippen LogP contribution < -0.4 is 5.32 Å². The molecule has 21 heavy (non-hydrogen) atoms. The molecule has 1 aromatic rings. The maximum atomic E-state index is 11.3. The summed E-state index contributed by atoms with van der Waals surface area (Å²) in [5.74, 6) is -1.15. The lowest BCUT2D eigenvalue weighted by atomic mass is 10.1. The van der Waals surface area contributed by atoms with E-state index in [0.29, 0.717) is 12.8 Å². The Hall–Kier alpha value is -2.16. The molecule has 1 aromatic carbocycles. The zero-order valence-electron chi connectivity index (χ0n) is 11.0. The maximum Gasteiger partial charge on any atom is 0.335 e. The molecule has 0 atom stereocenters. The summed E-state index contributed by atoms with van der Waals surface area (Å²) in [5.41, 5.74) is -0.295. The summed E-state index contributed by atoms with van der Waals surface area (Å²) in [5, 5.41) is 22.8. The SMILES string of the molecule is O=C(O)c1ccc(NC2CCS(=O)(=O)CC2)c([N+](=O)[O-])c1. The van der Waals surface area contributed by atoms with Gasteiger partial charge in [-0.05, 0) is 25.0 Å². The molecule has 8 nitrogen and oxygen atoms in total. The highest BCUT2D eigenvalue weighted by atomic mass is 32.2. The van der Waals surface area contributed by atoms with E-state index in [1.54, 1.807) is 0 Å². The minimum Gasteiger partial charge on any atom is -0.478 e. The number of carbonyl (C=O) groups is 1. The van der Waals surface area contributed by atoms with Crippen molar-refractivity contribution < 1.29 is 23.2 Å². The number of nitro benzene ring substituents is 1. The van der Waals surface area contributed by atoms with Crippen molar-refractivity contribution in [3.05, 3.63) is 33.9 Å². The highest BCUT2D eigenvalue weighted by molar-refractivity contribution is 7.91. The summed E-state index contributed by atoms with van der Waals surface area (Å²) < 4.78 is 22.7. The number of nitrogens with one attached hydrogen (secondary N) is 1. The van der Waals surface area contributed by atoms with Gasteiger partial charge in [-0.3, -0.25) is 10.1 Å². The van der Waals surface area contributed by atoms with Crippen LogP contribution >= 0.6 is 0 Å². The van der Waals surface area contributed by atoms with E-state index < -0.39 is 20.7 Å². The largest absolute Gasteiger partial charge is 0.478 e. The minimum atomic E-state index is -3.00. The first-order valence-corrected chi connectivity index (χ1v) is 8.09. The van der Waals surface area contributed by atoms with Crippen LogP contribution in [0.1, 0.15) is 23.2 Å². The fourth-order valence-corrected chi connectivity index (χ4v) is 3.68. The van der Waals surface area contributed by atoms with Gasteiger partial charge in [-0.15, -0.1) is 0 Å². The number of hydrogen-bond acceptors (Lipinski definition) is 6. The Balaban J connectivity index is 2.20. The van der Waals surface area contributed by atoms with Crippen molar-refractivity contribution in [3.8, 4) is 0 Å². The van der Waals surface area contributed by atoms with E-state index >= 15 is 0 Å². The van der Waals surface area contributed by atoms with Crippen molar-refractivity contribution in [1.29, 1.82) is 0 Å². The van der Waals surface area contributed by atoms with Gasteiger partial charge in [0.1, 0.15) is 15.5 Å². The van der Waals surface area contributed by atoms with Crippen molar-refractivity contribution in [2.45, 2.75) is 18.9 Å². The molecular formula is C12H14N2O6S. The standard InChI is InChI=1S/C12H14N2O6S/c15-12(16)8-1-2-10(11(7-8)14(17)18)13-9-3-5-21(19,20)6-4-9/h1-2,7,9,13H,3-6H2,(H,15,16). The van der Waals surface area contributed by atoms with Crippen molar-refractivity contribution in [2.75, 3.05) is 16.8 Å². The molecule has 0 saturated carbocycles. The van der Waals surface area contributed by atoms with Crippen LogP contribution in [0.5, 0.6) is 0 Å². The molecule has 2 N–H and O–H groups in total. The number of nitro groups is 1. The van der Waals surface area contributed by atoms with Crippen LogP contribution in [-0.4, -0.2) is 42.0 Å². The number of aromatic carboxylic acids is 1. The van der Waals surface area contributed by atoms with Crippen LogP contribution in [0.4, 0.5) is 11.4 Å². The van der Waals surface area contributed by atoms with Gasteiger partial charge in [0.25, 0.3) is 5.69 Å². The molecule has 9 heteroatoms. The van der Waals surface area contributed by atoms with Gasteiger partial charge in [-0.25, -0.2) is 13.2 Å². The molecular weight excluding hydrogens is 300 g/mol. The fourth-order valence-electron chi connectivity index (χ4n) is 2.19. The number of anilines is 1. The van der Waals surface area contributed by atoms with Crippen LogP contribution in [0.25, 0.3) is 0 Å². The number of rotatable bonds is 4. The summed E-state index contributed by atoms with van der Waals surface area (Å²) in [7, 11) is -3.00. The number of nitrogens with zero attached hydrogens (tertiary/aromatic N) is 1. The van der Waals surface area contributed by atoms with E-state index in [2.05, 4.69) is 5.32 Å². The predicted molar refractivity (Wildman–Crippen MR) is 75.4 cm³/mol. The predicted octanol–water partition coefficient (Wildman–Crippen LogP) is 1.28. The topological polar surface area (TPSA) is 127 Å². The molecule has 0 spiro atoms. The Morgan fingerprint density at radius 1 is 1.33 bits per heavy atom. The van der Waals surface area contributed by atoms with Gasteiger partial charge in [-0.2, -0.15) is 0 Å². The molecule has 1 fully saturated rings. The molecule has 2 rings (SSSR count). The summed E-state index contributed by atoms with van der Waals surface area (Å²) in [6, 6.07) is 3.43. The molecule has 0 aromatic heterocycles. The Labute approximate surface area is 120 Å². The van der Waals surface area contributed by atoms with Gasteiger partial charge in [0.05, 0.1) is 22.0 Å².